The average molecular weight is 308 g/mol. The Hall–Kier alpha value is -0.290. The molecule has 6 heteroatoms. The number of piperidine rings is 1. The van der Waals surface area contributed by atoms with Gasteiger partial charge in [-0.1, -0.05) is 18.5 Å². The van der Waals surface area contributed by atoms with Gasteiger partial charge in [0.25, 0.3) is 0 Å². The van der Waals surface area contributed by atoms with Gasteiger partial charge in [-0.05, 0) is 36.6 Å². The molecule has 1 fully saturated rings. The molecule has 1 heterocycles. The maximum Gasteiger partial charge on any atom is 0.243 e. The molecule has 0 aromatic heterocycles. The van der Waals surface area contributed by atoms with Crippen molar-refractivity contribution >= 4 is 33.2 Å². The van der Waals surface area contributed by atoms with Crippen molar-refractivity contribution in [1.29, 1.82) is 0 Å². The van der Waals surface area contributed by atoms with Crippen molar-refractivity contribution < 1.29 is 8.42 Å². The van der Waals surface area contributed by atoms with Crippen LogP contribution in [0.25, 0.3) is 0 Å². The number of alkyl halides is 1. The van der Waals surface area contributed by atoms with E-state index in [1.165, 1.54) is 16.4 Å². The lowest BCUT2D eigenvalue weighted by Gasteiger charge is -2.33. The molecule has 3 nitrogen and oxygen atoms in total. The average Bonchev–Trinajstić information content (AvgIpc) is 2.33. The number of sulfonamides is 1. The second-order valence-electron chi connectivity index (χ2n) is 4.60. The minimum Gasteiger partial charge on any atom is -0.207 e. The number of benzene rings is 1. The van der Waals surface area contributed by atoms with E-state index in [2.05, 4.69) is 0 Å². The van der Waals surface area contributed by atoms with E-state index in [-0.39, 0.29) is 16.2 Å². The molecule has 0 spiro atoms. The predicted octanol–water partition coefficient (Wildman–Crippen LogP) is 2.98. The molecule has 1 aliphatic rings. The van der Waals surface area contributed by atoms with Crippen molar-refractivity contribution in [3.63, 3.8) is 0 Å². The van der Waals surface area contributed by atoms with Crippen molar-refractivity contribution in [2.24, 2.45) is 5.92 Å². The molecule has 0 N–H and O–H groups in total. The lowest BCUT2D eigenvalue weighted by molar-refractivity contribution is 0.286. The third kappa shape index (κ3) is 2.82. The molecule has 1 aromatic carbocycles. The summed E-state index contributed by atoms with van der Waals surface area (Å²) in [4.78, 5) is 0.284. The van der Waals surface area contributed by atoms with E-state index >= 15 is 0 Å². The maximum atomic E-state index is 12.4. The molecule has 1 aliphatic heterocycles. The van der Waals surface area contributed by atoms with Crippen LogP contribution in [0, 0.1) is 5.92 Å². The minimum atomic E-state index is -3.42. The Morgan fingerprint density at radius 1 is 1.28 bits per heavy atom. The number of hydrogen-bond acceptors (Lipinski definition) is 2. The Kier molecular flexibility index (Phi) is 4.22. The summed E-state index contributed by atoms with van der Waals surface area (Å²) in [7, 11) is -3.42. The highest BCUT2D eigenvalue weighted by atomic mass is 35.5. The van der Waals surface area contributed by atoms with Gasteiger partial charge in [0, 0.05) is 23.5 Å². The van der Waals surface area contributed by atoms with Gasteiger partial charge < -0.3 is 0 Å². The van der Waals surface area contributed by atoms with E-state index in [0.717, 1.165) is 0 Å². The van der Waals surface area contributed by atoms with Gasteiger partial charge in [0.15, 0.2) is 0 Å². The van der Waals surface area contributed by atoms with E-state index in [0.29, 0.717) is 24.5 Å². The molecule has 18 heavy (non-hydrogen) atoms. The maximum absolute atomic E-state index is 12.4. The molecule has 0 bridgehead atoms. The highest BCUT2D eigenvalue weighted by molar-refractivity contribution is 7.89. The first kappa shape index (κ1) is 14.1. The fraction of sp³-hybridized carbons (Fsp3) is 0.500. The smallest absolute Gasteiger partial charge is 0.207 e. The quantitative estimate of drug-likeness (QED) is 0.788. The molecule has 0 amide bonds. The number of rotatable bonds is 2. The topological polar surface area (TPSA) is 37.4 Å². The first-order chi connectivity index (χ1) is 8.41. The minimum absolute atomic E-state index is 0.0571. The first-order valence-electron chi connectivity index (χ1n) is 5.81. The Balaban J connectivity index is 2.24. The van der Waals surface area contributed by atoms with Crippen LogP contribution in [-0.4, -0.2) is 31.2 Å². The van der Waals surface area contributed by atoms with Gasteiger partial charge in [-0.15, -0.1) is 11.6 Å². The standard InChI is InChI=1S/C12H15Cl2NO2S/c1-9-8-15(7-6-12(9)14)18(16,17)11-4-2-10(13)3-5-11/h2-5,9,12H,6-8H2,1H3. The van der Waals surface area contributed by atoms with Crippen molar-refractivity contribution in [1.82, 2.24) is 4.31 Å². The molecule has 2 unspecified atom stereocenters. The van der Waals surface area contributed by atoms with Gasteiger partial charge in [0.1, 0.15) is 0 Å². The van der Waals surface area contributed by atoms with Crippen LogP contribution in [0.5, 0.6) is 0 Å². The lowest BCUT2D eigenvalue weighted by Crippen LogP contribution is -2.43. The third-order valence-corrected chi connectivity index (χ3v) is 5.99. The normalized spacial score (nSPS) is 26.2. The SMILES string of the molecule is CC1CN(S(=O)(=O)c2ccc(Cl)cc2)CCC1Cl. The van der Waals surface area contributed by atoms with Crippen LogP contribution >= 0.6 is 23.2 Å². The third-order valence-electron chi connectivity index (χ3n) is 3.21. The van der Waals surface area contributed by atoms with Crippen LogP contribution in [-0.2, 0) is 10.0 Å². The Labute approximate surface area is 118 Å². The van der Waals surface area contributed by atoms with E-state index < -0.39 is 10.0 Å². The van der Waals surface area contributed by atoms with Gasteiger partial charge in [-0.2, -0.15) is 4.31 Å². The van der Waals surface area contributed by atoms with Gasteiger partial charge in [0.05, 0.1) is 4.90 Å². The molecule has 1 saturated heterocycles. The van der Waals surface area contributed by atoms with Crippen molar-refractivity contribution in [2.75, 3.05) is 13.1 Å². The molecule has 2 rings (SSSR count). The zero-order valence-corrected chi connectivity index (χ0v) is 12.3. The fourth-order valence-electron chi connectivity index (χ4n) is 2.05. The van der Waals surface area contributed by atoms with Crippen LogP contribution in [0.15, 0.2) is 29.2 Å². The largest absolute Gasteiger partial charge is 0.243 e. The molecule has 0 radical (unpaired) electrons. The summed E-state index contributed by atoms with van der Waals surface area (Å²) in [5, 5.41) is 0.587. The molecule has 2 atom stereocenters. The monoisotopic (exact) mass is 307 g/mol. The van der Waals surface area contributed by atoms with Crippen LogP contribution in [0.2, 0.25) is 5.02 Å². The summed E-state index contributed by atoms with van der Waals surface area (Å²) in [6, 6.07) is 6.25. The van der Waals surface area contributed by atoms with Crippen LogP contribution < -0.4 is 0 Å². The second kappa shape index (κ2) is 5.37. The molecule has 0 aliphatic carbocycles. The Morgan fingerprint density at radius 2 is 1.89 bits per heavy atom. The molecule has 0 saturated carbocycles. The first-order valence-corrected chi connectivity index (χ1v) is 8.06. The fourth-order valence-corrected chi connectivity index (χ4v) is 3.91. The predicted molar refractivity (Wildman–Crippen MR) is 73.6 cm³/mol. The molecular formula is C12H15Cl2NO2S. The van der Waals surface area contributed by atoms with Crippen molar-refractivity contribution in [2.45, 2.75) is 23.6 Å². The molecule has 100 valence electrons. The van der Waals surface area contributed by atoms with Gasteiger partial charge in [0.2, 0.25) is 10.0 Å². The van der Waals surface area contributed by atoms with E-state index in [1.54, 1.807) is 12.1 Å². The Bertz CT molecular complexity index is 515. The summed E-state index contributed by atoms with van der Waals surface area (Å²) < 4.78 is 26.3. The summed E-state index contributed by atoms with van der Waals surface area (Å²) in [6.45, 7) is 2.92. The van der Waals surface area contributed by atoms with E-state index in [1.807, 2.05) is 6.92 Å². The number of nitrogens with zero attached hydrogens (tertiary/aromatic N) is 1. The van der Waals surface area contributed by atoms with E-state index in [4.69, 9.17) is 23.2 Å². The van der Waals surface area contributed by atoms with Gasteiger partial charge >= 0.3 is 0 Å². The van der Waals surface area contributed by atoms with Crippen molar-refractivity contribution in [3.8, 4) is 0 Å². The summed E-state index contributed by atoms with van der Waals surface area (Å²) >= 11 is 11.9. The second-order valence-corrected chi connectivity index (χ2v) is 7.53. The summed E-state index contributed by atoms with van der Waals surface area (Å²) in [5.41, 5.74) is 0. The highest BCUT2D eigenvalue weighted by Gasteiger charge is 2.32. The summed E-state index contributed by atoms with van der Waals surface area (Å²) in [5.74, 6) is 0.169. The molecular weight excluding hydrogens is 293 g/mol. The van der Waals surface area contributed by atoms with Crippen LogP contribution in [0.1, 0.15) is 13.3 Å². The van der Waals surface area contributed by atoms with Crippen LogP contribution in [0.3, 0.4) is 0 Å². The number of halogens is 2. The zero-order valence-electron chi connectivity index (χ0n) is 10.0. The molecule has 1 aromatic rings. The van der Waals surface area contributed by atoms with Gasteiger partial charge in [-0.25, -0.2) is 8.42 Å². The zero-order chi connectivity index (χ0) is 13.3. The van der Waals surface area contributed by atoms with E-state index in [9.17, 15) is 8.42 Å². The van der Waals surface area contributed by atoms with Gasteiger partial charge in [-0.3, -0.25) is 0 Å². The Morgan fingerprint density at radius 3 is 2.44 bits per heavy atom. The lowest BCUT2D eigenvalue weighted by atomic mass is 10.0. The number of hydrogen-bond donors (Lipinski definition) is 0. The van der Waals surface area contributed by atoms with Crippen molar-refractivity contribution in [3.05, 3.63) is 29.3 Å². The highest BCUT2D eigenvalue weighted by Crippen LogP contribution is 2.27. The van der Waals surface area contributed by atoms with Crippen LogP contribution in [0.4, 0.5) is 0 Å². The summed E-state index contributed by atoms with van der Waals surface area (Å²) in [6.07, 6.45) is 0.690.